The summed E-state index contributed by atoms with van der Waals surface area (Å²) >= 11 is 5.58. The average molecular weight is 277 g/mol. The van der Waals surface area contributed by atoms with Gasteiger partial charge in [-0.1, -0.05) is 11.6 Å². The molecule has 1 atom stereocenters. The van der Waals surface area contributed by atoms with Crippen molar-refractivity contribution in [2.24, 2.45) is 0 Å². The van der Waals surface area contributed by atoms with Crippen LogP contribution in [0.15, 0.2) is 18.2 Å². The maximum Gasteiger partial charge on any atom is 0.235 e. The molecule has 4 heteroatoms. The summed E-state index contributed by atoms with van der Waals surface area (Å²) in [4.78, 5) is 15.0. The zero-order valence-electron chi connectivity index (χ0n) is 10.9. The van der Waals surface area contributed by atoms with E-state index in [1.807, 2.05) is 0 Å². The highest BCUT2D eigenvalue weighted by molar-refractivity contribution is 6.27. The number of carbonyl (C=O) groups is 1. The molecule has 100 valence electrons. The van der Waals surface area contributed by atoms with Gasteiger partial charge in [-0.3, -0.25) is 4.79 Å². The summed E-state index contributed by atoms with van der Waals surface area (Å²) < 4.78 is 0. The van der Waals surface area contributed by atoms with Crippen molar-refractivity contribution in [3.05, 3.63) is 35.0 Å². The molecule has 2 aromatic rings. The minimum absolute atomic E-state index is 0.0190. The molecular weight excluding hydrogens is 260 g/mol. The molecule has 0 spiro atoms. The lowest BCUT2D eigenvalue weighted by molar-refractivity contribution is -0.119. The van der Waals surface area contributed by atoms with Crippen LogP contribution in [0.25, 0.3) is 10.9 Å². The molecule has 1 heterocycles. The van der Waals surface area contributed by atoms with E-state index < -0.39 is 0 Å². The molecule has 0 saturated carbocycles. The molecule has 0 unspecified atom stereocenters. The van der Waals surface area contributed by atoms with E-state index in [1.165, 1.54) is 16.5 Å². The molecule has 3 rings (SSSR count). The van der Waals surface area contributed by atoms with E-state index in [-0.39, 0.29) is 17.8 Å². The van der Waals surface area contributed by atoms with Crippen molar-refractivity contribution < 1.29 is 4.79 Å². The zero-order chi connectivity index (χ0) is 13.4. The summed E-state index contributed by atoms with van der Waals surface area (Å²) in [5, 5.41) is 4.29. The molecule has 1 aromatic heterocycles. The number of H-pyrrole nitrogens is 1. The van der Waals surface area contributed by atoms with E-state index in [0.29, 0.717) is 0 Å². The Bertz CT molecular complexity index is 632. The van der Waals surface area contributed by atoms with Crippen LogP contribution in [0.5, 0.6) is 0 Å². The highest BCUT2D eigenvalue weighted by Gasteiger charge is 2.25. The number of halogens is 1. The van der Waals surface area contributed by atoms with Crippen LogP contribution in [-0.2, 0) is 11.2 Å². The van der Waals surface area contributed by atoms with Crippen LogP contribution in [0.1, 0.15) is 35.7 Å². The van der Waals surface area contributed by atoms with Gasteiger partial charge < -0.3 is 10.3 Å². The van der Waals surface area contributed by atoms with Crippen molar-refractivity contribution in [2.75, 3.05) is 5.88 Å². The second-order valence-corrected chi connectivity index (χ2v) is 5.48. The van der Waals surface area contributed by atoms with E-state index in [2.05, 4.69) is 35.4 Å². The van der Waals surface area contributed by atoms with Crippen LogP contribution in [0.4, 0.5) is 0 Å². The van der Waals surface area contributed by atoms with Gasteiger partial charge in [-0.15, -0.1) is 11.6 Å². The van der Waals surface area contributed by atoms with Gasteiger partial charge in [-0.25, -0.2) is 0 Å². The minimum atomic E-state index is -0.102. The first-order valence-corrected chi connectivity index (χ1v) is 7.19. The lowest BCUT2D eigenvalue weighted by Gasteiger charge is -2.23. The Hall–Kier alpha value is -1.48. The zero-order valence-corrected chi connectivity index (χ0v) is 11.7. The standard InChI is InChI=1S/C15H17ClN2O/c1-9-5-6-12-11(7-9)10-3-2-4-13(15(10)18-12)17-14(19)8-16/h5-7,13,18H,2-4,8H2,1H3,(H,17,19)/t13-/m0/s1. The Morgan fingerprint density at radius 3 is 3.16 bits per heavy atom. The number of hydrogen-bond donors (Lipinski definition) is 2. The number of carbonyl (C=O) groups excluding carboxylic acids is 1. The molecule has 3 nitrogen and oxygen atoms in total. The normalized spacial score (nSPS) is 18.3. The van der Waals surface area contributed by atoms with Crippen LogP contribution < -0.4 is 5.32 Å². The molecule has 2 N–H and O–H groups in total. The second kappa shape index (κ2) is 4.89. The molecule has 0 fully saturated rings. The number of aromatic amines is 1. The lowest BCUT2D eigenvalue weighted by Crippen LogP contribution is -2.31. The van der Waals surface area contributed by atoms with Gasteiger partial charge in [0.1, 0.15) is 5.88 Å². The molecule has 0 aliphatic heterocycles. The third-order valence-corrected chi connectivity index (χ3v) is 4.06. The Morgan fingerprint density at radius 1 is 1.53 bits per heavy atom. The maximum absolute atomic E-state index is 11.5. The largest absolute Gasteiger partial charge is 0.356 e. The fourth-order valence-corrected chi connectivity index (χ4v) is 3.03. The molecule has 1 amide bonds. The second-order valence-electron chi connectivity index (χ2n) is 5.21. The number of benzene rings is 1. The topological polar surface area (TPSA) is 44.9 Å². The van der Waals surface area contributed by atoms with Gasteiger partial charge in [-0.2, -0.15) is 0 Å². The van der Waals surface area contributed by atoms with Crippen LogP contribution in [0.2, 0.25) is 0 Å². The molecular formula is C15H17ClN2O. The van der Waals surface area contributed by atoms with Gasteiger partial charge in [0.25, 0.3) is 0 Å². The first kappa shape index (κ1) is 12.5. The fraction of sp³-hybridized carbons (Fsp3) is 0.400. The van der Waals surface area contributed by atoms with Crippen molar-refractivity contribution in [3.63, 3.8) is 0 Å². The molecule has 0 saturated heterocycles. The Balaban J connectivity index is 2.04. The van der Waals surface area contributed by atoms with Gasteiger partial charge in [0.15, 0.2) is 0 Å². The van der Waals surface area contributed by atoms with Crippen molar-refractivity contribution >= 4 is 28.4 Å². The predicted octanol–water partition coefficient (Wildman–Crippen LogP) is 3.21. The first-order valence-electron chi connectivity index (χ1n) is 6.65. The van der Waals surface area contributed by atoms with Crippen LogP contribution >= 0.6 is 11.6 Å². The summed E-state index contributed by atoms with van der Waals surface area (Å²) in [6.07, 6.45) is 3.15. The Kier molecular flexibility index (Phi) is 3.23. The number of hydrogen-bond acceptors (Lipinski definition) is 1. The predicted molar refractivity (Wildman–Crippen MR) is 77.6 cm³/mol. The lowest BCUT2D eigenvalue weighted by atomic mass is 9.91. The SMILES string of the molecule is Cc1ccc2[nH]c3c(c2c1)CCC[C@@H]3NC(=O)CCl. The maximum atomic E-state index is 11.5. The summed E-state index contributed by atoms with van der Waals surface area (Å²) in [7, 11) is 0. The van der Waals surface area contributed by atoms with Gasteiger partial charge in [0.05, 0.1) is 6.04 Å². The monoisotopic (exact) mass is 276 g/mol. The van der Waals surface area contributed by atoms with E-state index in [9.17, 15) is 4.79 Å². The van der Waals surface area contributed by atoms with Crippen LogP contribution in [-0.4, -0.2) is 16.8 Å². The smallest absolute Gasteiger partial charge is 0.235 e. The number of nitrogens with one attached hydrogen (secondary N) is 2. The van der Waals surface area contributed by atoms with Crippen molar-refractivity contribution in [1.82, 2.24) is 10.3 Å². The van der Waals surface area contributed by atoms with Gasteiger partial charge in [0, 0.05) is 16.6 Å². The Labute approximate surface area is 117 Å². The highest BCUT2D eigenvalue weighted by atomic mass is 35.5. The molecule has 19 heavy (non-hydrogen) atoms. The summed E-state index contributed by atoms with van der Waals surface area (Å²) in [5.41, 5.74) is 4.93. The number of aromatic nitrogens is 1. The van der Waals surface area contributed by atoms with E-state index >= 15 is 0 Å². The summed E-state index contributed by atoms with van der Waals surface area (Å²) in [6.45, 7) is 2.11. The van der Waals surface area contributed by atoms with Gasteiger partial charge >= 0.3 is 0 Å². The number of rotatable bonds is 2. The summed E-state index contributed by atoms with van der Waals surface area (Å²) in [6, 6.07) is 6.51. The van der Waals surface area contributed by atoms with Crippen molar-refractivity contribution in [3.8, 4) is 0 Å². The highest BCUT2D eigenvalue weighted by Crippen LogP contribution is 2.35. The van der Waals surface area contributed by atoms with Gasteiger partial charge in [0.2, 0.25) is 5.91 Å². The summed E-state index contributed by atoms with van der Waals surface area (Å²) in [5.74, 6) is -0.0834. The number of aryl methyl sites for hydroxylation is 2. The fourth-order valence-electron chi connectivity index (χ4n) is 2.95. The first-order chi connectivity index (χ1) is 9.19. The third-order valence-electron chi connectivity index (χ3n) is 3.82. The molecule has 0 bridgehead atoms. The number of alkyl halides is 1. The van der Waals surface area contributed by atoms with E-state index in [4.69, 9.17) is 11.6 Å². The Morgan fingerprint density at radius 2 is 2.37 bits per heavy atom. The van der Waals surface area contributed by atoms with Crippen LogP contribution in [0.3, 0.4) is 0 Å². The van der Waals surface area contributed by atoms with E-state index in [0.717, 1.165) is 30.5 Å². The average Bonchev–Trinajstić information content (AvgIpc) is 2.78. The van der Waals surface area contributed by atoms with Gasteiger partial charge in [-0.05, 0) is 43.9 Å². The van der Waals surface area contributed by atoms with E-state index in [1.54, 1.807) is 0 Å². The molecule has 1 aliphatic carbocycles. The molecule has 0 radical (unpaired) electrons. The number of fused-ring (bicyclic) bond motifs is 3. The third kappa shape index (κ3) is 2.23. The quantitative estimate of drug-likeness (QED) is 0.813. The van der Waals surface area contributed by atoms with Crippen LogP contribution in [0, 0.1) is 6.92 Å². The molecule has 1 aliphatic rings. The van der Waals surface area contributed by atoms with Crippen molar-refractivity contribution in [2.45, 2.75) is 32.2 Å². The number of amides is 1. The minimum Gasteiger partial charge on any atom is -0.356 e. The van der Waals surface area contributed by atoms with Crippen molar-refractivity contribution in [1.29, 1.82) is 0 Å². The molecule has 1 aromatic carbocycles.